The first kappa shape index (κ1) is 21.1. The van der Waals surface area contributed by atoms with E-state index in [4.69, 9.17) is 4.74 Å². The van der Waals surface area contributed by atoms with Crippen LogP contribution < -0.4 is 5.32 Å². The van der Waals surface area contributed by atoms with E-state index in [-0.39, 0.29) is 23.4 Å². The van der Waals surface area contributed by atoms with Crippen molar-refractivity contribution in [1.82, 2.24) is 9.55 Å². The summed E-state index contributed by atoms with van der Waals surface area (Å²) in [5.41, 5.74) is 4.48. The summed E-state index contributed by atoms with van der Waals surface area (Å²) in [6.07, 6.45) is 1.08. The number of thioether (sulfide) groups is 1. The van der Waals surface area contributed by atoms with E-state index in [0.717, 1.165) is 21.9 Å². The first-order valence-electron chi connectivity index (χ1n) is 10.3. The van der Waals surface area contributed by atoms with Crippen LogP contribution in [0.2, 0.25) is 0 Å². The number of nitrogens with zero attached hydrogens (tertiary/aromatic N) is 2. The Morgan fingerprint density at radius 3 is 2.71 bits per heavy atom. The molecule has 3 aromatic rings. The topological polar surface area (TPSA) is 90.3 Å². The highest BCUT2D eigenvalue weighted by molar-refractivity contribution is 7.99. The van der Waals surface area contributed by atoms with Gasteiger partial charge in [0.25, 0.3) is 0 Å². The summed E-state index contributed by atoms with van der Waals surface area (Å²) in [6.45, 7) is 4.81. The lowest BCUT2D eigenvalue weighted by atomic mass is 9.99. The van der Waals surface area contributed by atoms with E-state index in [1.807, 2.05) is 23.6 Å². The molecule has 0 atom stereocenters. The molecule has 0 radical (unpaired) electrons. The highest BCUT2D eigenvalue weighted by Crippen LogP contribution is 2.27. The third kappa shape index (κ3) is 4.34. The average Bonchev–Trinajstić information content (AvgIpc) is 3.13. The Hall–Kier alpha value is -3.13. The van der Waals surface area contributed by atoms with Crippen molar-refractivity contribution in [1.29, 1.82) is 0 Å². The Morgan fingerprint density at radius 2 is 1.94 bits per heavy atom. The molecule has 0 fully saturated rings. The van der Waals surface area contributed by atoms with Gasteiger partial charge in [-0.15, -0.1) is 0 Å². The summed E-state index contributed by atoms with van der Waals surface area (Å²) in [6, 6.07) is 10.7. The molecule has 4 rings (SSSR count). The summed E-state index contributed by atoms with van der Waals surface area (Å²) in [4.78, 5) is 41.0. The van der Waals surface area contributed by atoms with Gasteiger partial charge in [0.2, 0.25) is 5.91 Å². The SMILES string of the molecule is CCOC(=O)c1ccc2c(c1)nc(SCC(=O)c1ccc3c(c1)CCC(=O)N3)n2CC. The molecule has 1 aromatic heterocycles. The third-order valence-electron chi connectivity index (χ3n) is 5.20. The molecule has 7 nitrogen and oxygen atoms in total. The minimum Gasteiger partial charge on any atom is -0.462 e. The second-order valence-electron chi connectivity index (χ2n) is 7.19. The summed E-state index contributed by atoms with van der Waals surface area (Å²) in [5, 5.41) is 3.57. The lowest BCUT2D eigenvalue weighted by molar-refractivity contribution is -0.116. The number of imidazole rings is 1. The molecule has 1 aliphatic rings. The van der Waals surface area contributed by atoms with Gasteiger partial charge < -0.3 is 14.6 Å². The second kappa shape index (κ2) is 8.93. The molecule has 160 valence electrons. The molecule has 0 spiro atoms. The number of carbonyl (C=O) groups is 3. The maximum Gasteiger partial charge on any atom is 0.338 e. The van der Waals surface area contributed by atoms with Gasteiger partial charge in [-0.3, -0.25) is 9.59 Å². The fourth-order valence-electron chi connectivity index (χ4n) is 3.64. The number of nitrogens with one attached hydrogen (secondary N) is 1. The largest absolute Gasteiger partial charge is 0.462 e. The van der Waals surface area contributed by atoms with Crippen molar-refractivity contribution in [2.75, 3.05) is 17.7 Å². The van der Waals surface area contributed by atoms with Crippen molar-refractivity contribution in [2.24, 2.45) is 0 Å². The maximum absolute atomic E-state index is 12.8. The molecule has 0 bridgehead atoms. The van der Waals surface area contributed by atoms with Crippen molar-refractivity contribution in [3.63, 3.8) is 0 Å². The third-order valence-corrected chi connectivity index (χ3v) is 6.17. The Kier molecular flexibility index (Phi) is 6.08. The molecular weight excluding hydrogens is 414 g/mol. The van der Waals surface area contributed by atoms with Crippen LogP contribution in [0.5, 0.6) is 0 Å². The maximum atomic E-state index is 12.8. The zero-order valence-electron chi connectivity index (χ0n) is 17.4. The lowest BCUT2D eigenvalue weighted by Gasteiger charge is -2.17. The van der Waals surface area contributed by atoms with Crippen molar-refractivity contribution in [3.05, 3.63) is 53.1 Å². The number of amides is 1. The predicted molar refractivity (Wildman–Crippen MR) is 120 cm³/mol. The smallest absolute Gasteiger partial charge is 0.338 e. The number of ether oxygens (including phenoxy) is 1. The number of ketones is 1. The van der Waals surface area contributed by atoms with Crippen molar-refractivity contribution < 1.29 is 19.1 Å². The summed E-state index contributed by atoms with van der Waals surface area (Å²) >= 11 is 1.38. The van der Waals surface area contributed by atoms with Gasteiger partial charge in [0.15, 0.2) is 10.9 Å². The highest BCUT2D eigenvalue weighted by Gasteiger charge is 2.18. The standard InChI is InChI=1S/C23H23N3O4S/c1-3-26-19-9-6-16(22(29)30-4-2)12-18(19)25-23(26)31-13-20(27)15-5-8-17-14(11-15)7-10-21(28)24-17/h5-6,8-9,11-12H,3-4,7,10,13H2,1-2H3,(H,24,28). The van der Waals surface area contributed by atoms with Crippen LogP contribution in [0, 0.1) is 0 Å². The lowest BCUT2D eigenvalue weighted by Crippen LogP contribution is -2.19. The zero-order chi connectivity index (χ0) is 22.0. The van der Waals surface area contributed by atoms with Gasteiger partial charge in [0.05, 0.1) is 29.0 Å². The van der Waals surface area contributed by atoms with Crippen LogP contribution in [0.1, 0.15) is 46.5 Å². The molecule has 1 N–H and O–H groups in total. The number of carbonyl (C=O) groups excluding carboxylic acids is 3. The van der Waals surface area contributed by atoms with Gasteiger partial charge in [-0.2, -0.15) is 0 Å². The number of benzene rings is 2. The van der Waals surface area contributed by atoms with Crippen LogP contribution in [-0.2, 0) is 22.5 Å². The van der Waals surface area contributed by atoms with Crippen molar-refractivity contribution >= 4 is 46.1 Å². The first-order chi connectivity index (χ1) is 15.0. The minimum atomic E-state index is -0.372. The van der Waals surface area contributed by atoms with E-state index in [9.17, 15) is 14.4 Å². The molecule has 2 aromatic carbocycles. The van der Waals surface area contributed by atoms with E-state index >= 15 is 0 Å². The molecule has 1 amide bonds. The number of aryl methyl sites for hydroxylation is 2. The number of aromatic nitrogens is 2. The molecule has 8 heteroatoms. The van der Waals surface area contributed by atoms with E-state index in [1.54, 1.807) is 31.2 Å². The molecule has 0 saturated heterocycles. The molecule has 0 aliphatic carbocycles. The second-order valence-corrected chi connectivity index (χ2v) is 8.14. The van der Waals surface area contributed by atoms with Gasteiger partial charge in [-0.05, 0) is 62.2 Å². The Bertz CT molecular complexity index is 1190. The van der Waals surface area contributed by atoms with Crippen molar-refractivity contribution in [3.8, 4) is 0 Å². The number of hydrogen-bond acceptors (Lipinski definition) is 6. The van der Waals surface area contributed by atoms with Crippen molar-refractivity contribution in [2.45, 2.75) is 38.4 Å². The van der Waals surface area contributed by atoms with Gasteiger partial charge >= 0.3 is 5.97 Å². The summed E-state index contributed by atoms with van der Waals surface area (Å²) < 4.78 is 7.10. The quantitative estimate of drug-likeness (QED) is 0.340. The number of Topliss-reactive ketones (excluding diaryl/α,β-unsaturated/α-hetero) is 1. The highest BCUT2D eigenvalue weighted by atomic mass is 32.2. The van der Waals surface area contributed by atoms with Crippen LogP contribution in [0.3, 0.4) is 0 Å². The average molecular weight is 438 g/mol. The van der Waals surface area contributed by atoms with Gasteiger partial charge in [0.1, 0.15) is 0 Å². The van der Waals surface area contributed by atoms with Gasteiger partial charge in [-0.1, -0.05) is 11.8 Å². The number of hydrogen-bond donors (Lipinski definition) is 1. The van der Waals surface area contributed by atoms with E-state index < -0.39 is 0 Å². The Labute approximate surface area is 184 Å². The van der Waals surface area contributed by atoms with Crippen LogP contribution in [0.15, 0.2) is 41.6 Å². The van der Waals surface area contributed by atoms with Crippen LogP contribution in [-0.4, -0.2) is 39.6 Å². The zero-order valence-corrected chi connectivity index (χ0v) is 18.3. The predicted octanol–water partition coefficient (Wildman–Crippen LogP) is 4.09. The fourth-order valence-corrected chi connectivity index (χ4v) is 4.61. The molecule has 0 unspecified atom stereocenters. The number of anilines is 1. The summed E-state index contributed by atoms with van der Waals surface area (Å²) in [7, 11) is 0. The minimum absolute atomic E-state index is 0.00613. The van der Waals surface area contributed by atoms with E-state index in [1.165, 1.54) is 11.8 Å². The molecule has 2 heterocycles. The van der Waals surface area contributed by atoms with Crippen LogP contribution >= 0.6 is 11.8 Å². The van der Waals surface area contributed by atoms with E-state index in [0.29, 0.717) is 42.6 Å². The number of esters is 1. The molecule has 0 saturated carbocycles. The van der Waals surface area contributed by atoms with E-state index in [2.05, 4.69) is 10.3 Å². The monoisotopic (exact) mass is 437 g/mol. The molecule has 1 aliphatic heterocycles. The number of rotatable bonds is 7. The molecular formula is C23H23N3O4S. The molecule has 31 heavy (non-hydrogen) atoms. The Morgan fingerprint density at radius 1 is 1.13 bits per heavy atom. The first-order valence-corrected chi connectivity index (χ1v) is 11.2. The Balaban J connectivity index is 1.52. The number of fused-ring (bicyclic) bond motifs is 2. The van der Waals surface area contributed by atoms with Gasteiger partial charge in [-0.25, -0.2) is 9.78 Å². The normalized spacial score (nSPS) is 13.0. The fraction of sp³-hybridized carbons (Fsp3) is 0.304. The van der Waals surface area contributed by atoms with Crippen LogP contribution in [0.4, 0.5) is 5.69 Å². The van der Waals surface area contributed by atoms with Gasteiger partial charge in [0, 0.05) is 24.2 Å². The summed E-state index contributed by atoms with van der Waals surface area (Å²) in [5.74, 6) is -0.110. The van der Waals surface area contributed by atoms with Crippen LogP contribution in [0.25, 0.3) is 11.0 Å².